The van der Waals surface area contributed by atoms with Crippen molar-refractivity contribution in [2.24, 2.45) is 7.05 Å². The molecule has 0 aliphatic rings. The lowest BCUT2D eigenvalue weighted by atomic mass is 10.1. The summed E-state index contributed by atoms with van der Waals surface area (Å²) < 4.78 is 28.9. The smallest absolute Gasteiger partial charge is 0.240 e. The van der Waals surface area contributed by atoms with Gasteiger partial charge in [-0.1, -0.05) is 0 Å². The van der Waals surface area contributed by atoms with Gasteiger partial charge in [-0.05, 0) is 18.2 Å². The third kappa shape index (κ3) is 2.11. The van der Waals surface area contributed by atoms with Gasteiger partial charge in [0, 0.05) is 24.5 Å². The van der Waals surface area contributed by atoms with Crippen molar-refractivity contribution in [3.05, 3.63) is 42.5 Å². The SMILES string of the molecule is Cn1ncnc1Nc1ccc(-c2c[nH]nc2F)c(F)c1. The molecule has 6 nitrogen and oxygen atoms in total. The molecule has 8 heteroatoms. The minimum atomic E-state index is -0.738. The van der Waals surface area contributed by atoms with Gasteiger partial charge in [0.1, 0.15) is 12.1 Å². The van der Waals surface area contributed by atoms with Crippen molar-refractivity contribution in [3.8, 4) is 11.1 Å². The Bertz CT molecular complexity index is 748. The second-order valence-corrected chi connectivity index (χ2v) is 4.12. The molecule has 3 aromatic rings. The highest BCUT2D eigenvalue weighted by molar-refractivity contribution is 5.67. The molecule has 0 fully saturated rings. The average Bonchev–Trinajstić information content (AvgIpc) is 3.00. The molecule has 0 radical (unpaired) electrons. The number of halogens is 2. The predicted octanol–water partition coefficient (Wildman–Crippen LogP) is 2.23. The summed E-state index contributed by atoms with van der Waals surface area (Å²) in [5.41, 5.74) is 0.721. The number of hydrogen-bond donors (Lipinski definition) is 2. The van der Waals surface area contributed by atoms with E-state index in [-0.39, 0.29) is 11.1 Å². The molecule has 0 bridgehead atoms. The van der Waals surface area contributed by atoms with Gasteiger partial charge in [-0.15, -0.1) is 5.10 Å². The molecule has 102 valence electrons. The zero-order valence-electron chi connectivity index (χ0n) is 10.4. The van der Waals surface area contributed by atoms with Crippen molar-refractivity contribution >= 4 is 11.6 Å². The summed E-state index contributed by atoms with van der Waals surface area (Å²) in [7, 11) is 1.71. The quantitative estimate of drug-likeness (QED) is 0.769. The number of aryl methyl sites for hydroxylation is 1. The number of anilines is 2. The zero-order chi connectivity index (χ0) is 14.1. The van der Waals surface area contributed by atoms with E-state index in [1.165, 1.54) is 29.3 Å². The Balaban J connectivity index is 1.92. The third-order valence-corrected chi connectivity index (χ3v) is 2.82. The van der Waals surface area contributed by atoms with E-state index in [2.05, 4.69) is 25.6 Å². The van der Waals surface area contributed by atoms with E-state index in [0.717, 1.165) is 0 Å². The lowest BCUT2D eigenvalue weighted by Gasteiger charge is -2.07. The lowest BCUT2D eigenvalue weighted by molar-refractivity contribution is 0.579. The molecule has 0 unspecified atom stereocenters. The van der Waals surface area contributed by atoms with Crippen molar-refractivity contribution in [2.45, 2.75) is 0 Å². The molecule has 0 aliphatic carbocycles. The Morgan fingerprint density at radius 2 is 2.10 bits per heavy atom. The van der Waals surface area contributed by atoms with Gasteiger partial charge in [0.15, 0.2) is 0 Å². The zero-order valence-corrected chi connectivity index (χ0v) is 10.4. The standard InChI is InChI=1S/C12H10F2N6/c1-20-12(15-6-17-20)18-7-2-3-8(10(13)4-7)9-5-16-19-11(9)14/h2-6H,1H3,(H,16,19)(H,15,17,18). The van der Waals surface area contributed by atoms with Crippen molar-refractivity contribution in [1.82, 2.24) is 25.0 Å². The fourth-order valence-corrected chi connectivity index (χ4v) is 1.81. The van der Waals surface area contributed by atoms with E-state index in [9.17, 15) is 8.78 Å². The van der Waals surface area contributed by atoms with Crippen LogP contribution in [0.5, 0.6) is 0 Å². The monoisotopic (exact) mass is 276 g/mol. The van der Waals surface area contributed by atoms with Crippen LogP contribution in [0, 0.1) is 11.8 Å². The highest BCUT2D eigenvalue weighted by atomic mass is 19.1. The van der Waals surface area contributed by atoms with Crippen molar-refractivity contribution in [3.63, 3.8) is 0 Å². The molecular formula is C12H10F2N6. The van der Waals surface area contributed by atoms with Crippen LogP contribution in [0.4, 0.5) is 20.4 Å². The highest BCUT2D eigenvalue weighted by Crippen LogP contribution is 2.27. The van der Waals surface area contributed by atoms with Crippen LogP contribution >= 0.6 is 0 Å². The van der Waals surface area contributed by atoms with Gasteiger partial charge >= 0.3 is 0 Å². The Morgan fingerprint density at radius 1 is 1.25 bits per heavy atom. The van der Waals surface area contributed by atoms with Gasteiger partial charge in [0.05, 0.1) is 5.56 Å². The molecule has 0 saturated carbocycles. The van der Waals surface area contributed by atoms with Crippen LogP contribution in [-0.4, -0.2) is 25.0 Å². The second kappa shape index (κ2) is 4.72. The van der Waals surface area contributed by atoms with Crippen molar-refractivity contribution in [2.75, 3.05) is 5.32 Å². The number of rotatable bonds is 3. The van der Waals surface area contributed by atoms with E-state index in [4.69, 9.17) is 0 Å². The first-order valence-electron chi connectivity index (χ1n) is 5.75. The molecule has 2 N–H and O–H groups in total. The number of nitrogens with zero attached hydrogens (tertiary/aromatic N) is 4. The van der Waals surface area contributed by atoms with Crippen molar-refractivity contribution < 1.29 is 8.78 Å². The minimum Gasteiger partial charge on any atom is -0.324 e. The summed E-state index contributed by atoms with van der Waals surface area (Å²) in [5.74, 6) is -0.818. The van der Waals surface area contributed by atoms with Gasteiger partial charge in [0.2, 0.25) is 11.9 Å². The summed E-state index contributed by atoms with van der Waals surface area (Å²) in [5, 5.41) is 12.5. The van der Waals surface area contributed by atoms with E-state index in [0.29, 0.717) is 11.6 Å². The molecule has 0 spiro atoms. The fourth-order valence-electron chi connectivity index (χ4n) is 1.81. The van der Waals surface area contributed by atoms with Gasteiger partial charge < -0.3 is 5.32 Å². The first-order chi connectivity index (χ1) is 9.65. The summed E-state index contributed by atoms with van der Waals surface area (Å²) in [4.78, 5) is 3.97. The second-order valence-electron chi connectivity index (χ2n) is 4.12. The Morgan fingerprint density at radius 3 is 2.70 bits per heavy atom. The molecule has 2 heterocycles. The molecular weight excluding hydrogens is 266 g/mol. The largest absolute Gasteiger partial charge is 0.324 e. The van der Waals surface area contributed by atoms with E-state index >= 15 is 0 Å². The van der Waals surface area contributed by atoms with Gasteiger partial charge in [-0.25, -0.2) is 9.07 Å². The van der Waals surface area contributed by atoms with Gasteiger partial charge in [-0.2, -0.15) is 14.5 Å². The maximum absolute atomic E-state index is 14.0. The van der Waals surface area contributed by atoms with Gasteiger partial charge in [0.25, 0.3) is 0 Å². The van der Waals surface area contributed by atoms with Gasteiger partial charge in [-0.3, -0.25) is 5.10 Å². The first-order valence-corrected chi connectivity index (χ1v) is 5.75. The summed E-state index contributed by atoms with van der Waals surface area (Å²) in [6, 6.07) is 4.36. The maximum Gasteiger partial charge on any atom is 0.240 e. The number of aromatic amines is 1. The predicted molar refractivity (Wildman–Crippen MR) is 68.2 cm³/mol. The molecule has 2 aromatic heterocycles. The van der Waals surface area contributed by atoms with Crippen LogP contribution in [-0.2, 0) is 7.05 Å². The molecule has 0 amide bonds. The number of nitrogens with one attached hydrogen (secondary N) is 2. The summed E-state index contributed by atoms with van der Waals surface area (Å²) >= 11 is 0. The normalized spacial score (nSPS) is 10.8. The van der Waals surface area contributed by atoms with E-state index < -0.39 is 11.8 Å². The molecule has 1 aromatic carbocycles. The van der Waals surface area contributed by atoms with Crippen LogP contribution < -0.4 is 5.32 Å². The average molecular weight is 276 g/mol. The summed E-state index contributed by atoms with van der Waals surface area (Å²) in [6.07, 6.45) is 2.69. The van der Waals surface area contributed by atoms with Crippen LogP contribution in [0.15, 0.2) is 30.7 Å². The Hall–Kier alpha value is -2.77. The number of benzene rings is 1. The Kier molecular flexibility index (Phi) is 2.90. The first kappa shape index (κ1) is 12.3. The molecule has 0 saturated heterocycles. The lowest BCUT2D eigenvalue weighted by Crippen LogP contribution is -2.00. The highest BCUT2D eigenvalue weighted by Gasteiger charge is 2.13. The molecule has 0 aliphatic heterocycles. The summed E-state index contributed by atoms with van der Waals surface area (Å²) in [6.45, 7) is 0. The van der Waals surface area contributed by atoms with E-state index in [1.807, 2.05) is 0 Å². The number of aromatic nitrogens is 5. The van der Waals surface area contributed by atoms with Crippen molar-refractivity contribution in [1.29, 1.82) is 0 Å². The van der Waals surface area contributed by atoms with Crippen LogP contribution in [0.1, 0.15) is 0 Å². The Labute approximate surface area is 112 Å². The van der Waals surface area contributed by atoms with Crippen LogP contribution in [0.25, 0.3) is 11.1 Å². The molecule has 0 atom stereocenters. The topological polar surface area (TPSA) is 71.4 Å². The van der Waals surface area contributed by atoms with Crippen LogP contribution in [0.3, 0.4) is 0 Å². The van der Waals surface area contributed by atoms with Crippen LogP contribution in [0.2, 0.25) is 0 Å². The number of H-pyrrole nitrogens is 1. The fraction of sp³-hybridized carbons (Fsp3) is 0.0833. The minimum absolute atomic E-state index is 0.0905. The number of hydrogen-bond acceptors (Lipinski definition) is 4. The maximum atomic E-state index is 14.0. The third-order valence-electron chi connectivity index (χ3n) is 2.82. The molecule has 20 heavy (non-hydrogen) atoms. The molecule has 3 rings (SSSR count). The van der Waals surface area contributed by atoms with E-state index in [1.54, 1.807) is 13.1 Å².